The number of carbonyl (C=O) groups excluding carboxylic acids is 2. The van der Waals surface area contributed by atoms with Crippen molar-refractivity contribution in [1.29, 1.82) is 0 Å². The van der Waals surface area contributed by atoms with Gasteiger partial charge in [0.05, 0.1) is 19.3 Å². The number of hydroxylamine groups is 2. The highest BCUT2D eigenvalue weighted by Gasteiger charge is 2.44. The van der Waals surface area contributed by atoms with Crippen LogP contribution in [0.3, 0.4) is 0 Å². The minimum absolute atomic E-state index is 0.0516. The largest absolute Gasteiger partial charge is 0.363 e. The maximum absolute atomic E-state index is 12.5. The zero-order valence-electron chi connectivity index (χ0n) is 14.7. The average Bonchev–Trinajstić information content (AvgIpc) is 3.35. The molecule has 26 heavy (non-hydrogen) atoms. The highest BCUT2D eigenvalue weighted by molar-refractivity contribution is 5.80. The van der Waals surface area contributed by atoms with Crippen LogP contribution in [0.15, 0.2) is 18.7 Å². The molecule has 0 saturated carbocycles. The van der Waals surface area contributed by atoms with Crippen molar-refractivity contribution in [2.45, 2.75) is 44.3 Å². The fraction of sp³-hybridized carbons (Fsp3) is 0.667. The van der Waals surface area contributed by atoms with Gasteiger partial charge >= 0.3 is 0 Å². The molecular weight excluding hydrogens is 336 g/mol. The normalized spacial score (nSPS) is 28.2. The Labute approximate surface area is 152 Å². The summed E-state index contributed by atoms with van der Waals surface area (Å²) < 4.78 is 6.00. The number of carbonyl (C=O) groups is 2. The maximum atomic E-state index is 12.5. The van der Waals surface area contributed by atoms with Crippen molar-refractivity contribution < 1.29 is 19.2 Å². The molecule has 3 saturated heterocycles. The van der Waals surface area contributed by atoms with E-state index in [1.807, 2.05) is 4.90 Å². The highest BCUT2D eigenvalue weighted by atomic mass is 16.7. The number of aryl methyl sites for hydroxylation is 1. The summed E-state index contributed by atoms with van der Waals surface area (Å²) in [6.07, 6.45) is 8.05. The molecule has 8 heteroatoms. The molecule has 4 rings (SSSR count). The van der Waals surface area contributed by atoms with E-state index in [0.29, 0.717) is 38.5 Å². The van der Waals surface area contributed by atoms with E-state index in [1.165, 1.54) is 11.4 Å². The molecule has 1 aromatic heterocycles. The molecule has 1 aromatic rings. The van der Waals surface area contributed by atoms with Gasteiger partial charge < -0.3 is 9.64 Å². The van der Waals surface area contributed by atoms with E-state index in [9.17, 15) is 9.59 Å². The SMILES string of the molecule is O=C(CCc1cncnc1)N1CC[C@H]2C[C@H](C(=O)N3CCCO3)O[C@@H]2C1. The Morgan fingerprint density at radius 2 is 2.08 bits per heavy atom. The third kappa shape index (κ3) is 3.71. The van der Waals surface area contributed by atoms with Crippen molar-refractivity contribution in [2.24, 2.45) is 5.92 Å². The van der Waals surface area contributed by atoms with Gasteiger partial charge in [0.15, 0.2) is 0 Å². The Bertz CT molecular complexity index is 650. The summed E-state index contributed by atoms with van der Waals surface area (Å²) in [6.45, 7) is 2.54. The van der Waals surface area contributed by atoms with Crippen LogP contribution in [0.4, 0.5) is 0 Å². The number of hydrogen-bond donors (Lipinski definition) is 0. The fourth-order valence-electron chi connectivity index (χ4n) is 3.97. The number of fused-ring (bicyclic) bond motifs is 1. The molecule has 0 radical (unpaired) electrons. The Balaban J connectivity index is 1.28. The lowest BCUT2D eigenvalue weighted by atomic mass is 9.91. The van der Waals surface area contributed by atoms with Gasteiger partial charge in [-0.15, -0.1) is 0 Å². The molecule has 0 aromatic carbocycles. The summed E-state index contributed by atoms with van der Waals surface area (Å²) in [5.74, 6) is 0.394. The van der Waals surface area contributed by atoms with Crippen molar-refractivity contribution in [2.75, 3.05) is 26.2 Å². The molecule has 3 aliphatic rings. The lowest BCUT2D eigenvalue weighted by Gasteiger charge is -2.34. The summed E-state index contributed by atoms with van der Waals surface area (Å²) in [7, 11) is 0. The number of aromatic nitrogens is 2. The van der Waals surface area contributed by atoms with E-state index < -0.39 is 6.10 Å². The van der Waals surface area contributed by atoms with Crippen LogP contribution < -0.4 is 0 Å². The van der Waals surface area contributed by atoms with Crippen LogP contribution in [0, 0.1) is 5.92 Å². The van der Waals surface area contributed by atoms with E-state index in [4.69, 9.17) is 9.57 Å². The van der Waals surface area contributed by atoms with Crippen molar-refractivity contribution in [3.8, 4) is 0 Å². The number of piperidine rings is 1. The molecule has 2 amide bonds. The molecule has 0 aliphatic carbocycles. The van der Waals surface area contributed by atoms with Gasteiger partial charge in [-0.2, -0.15) is 0 Å². The Hall–Kier alpha value is -2.06. The molecule has 4 heterocycles. The third-order valence-corrected chi connectivity index (χ3v) is 5.42. The Morgan fingerprint density at radius 1 is 1.23 bits per heavy atom. The summed E-state index contributed by atoms with van der Waals surface area (Å²) >= 11 is 0. The zero-order chi connectivity index (χ0) is 17.9. The average molecular weight is 360 g/mol. The highest BCUT2D eigenvalue weighted by Crippen LogP contribution is 2.34. The van der Waals surface area contributed by atoms with Crippen molar-refractivity contribution in [3.63, 3.8) is 0 Å². The number of hydrogen-bond acceptors (Lipinski definition) is 6. The molecule has 0 spiro atoms. The molecule has 3 aliphatic heterocycles. The first-order chi connectivity index (χ1) is 12.7. The molecule has 3 fully saturated rings. The summed E-state index contributed by atoms with van der Waals surface area (Å²) in [5.41, 5.74) is 0.962. The third-order valence-electron chi connectivity index (χ3n) is 5.42. The molecule has 8 nitrogen and oxygen atoms in total. The van der Waals surface area contributed by atoms with Crippen LogP contribution in [-0.2, 0) is 25.6 Å². The predicted octanol–water partition coefficient (Wildman–Crippen LogP) is 0.579. The lowest BCUT2D eigenvalue weighted by molar-refractivity contribution is -0.180. The van der Waals surface area contributed by atoms with Crippen molar-refractivity contribution >= 4 is 11.8 Å². The first-order valence-electron chi connectivity index (χ1n) is 9.32. The second-order valence-corrected chi connectivity index (χ2v) is 7.16. The Morgan fingerprint density at radius 3 is 2.85 bits per heavy atom. The predicted molar refractivity (Wildman–Crippen MR) is 90.6 cm³/mol. The van der Waals surface area contributed by atoms with Gasteiger partial charge in [-0.25, -0.2) is 15.0 Å². The number of likely N-dealkylation sites (tertiary alicyclic amines) is 1. The van der Waals surface area contributed by atoms with Gasteiger partial charge in [-0.3, -0.25) is 14.4 Å². The number of rotatable bonds is 4. The molecule has 0 bridgehead atoms. The second kappa shape index (κ2) is 7.67. The summed E-state index contributed by atoms with van der Waals surface area (Å²) in [6, 6.07) is 0. The van der Waals surface area contributed by atoms with Gasteiger partial charge in [0.1, 0.15) is 12.4 Å². The van der Waals surface area contributed by atoms with Gasteiger partial charge in [0.2, 0.25) is 5.91 Å². The molecule has 0 unspecified atom stereocenters. The summed E-state index contributed by atoms with van der Waals surface area (Å²) in [4.78, 5) is 40.1. The van der Waals surface area contributed by atoms with Crippen LogP contribution in [0.1, 0.15) is 31.2 Å². The van der Waals surface area contributed by atoms with Crippen molar-refractivity contribution in [1.82, 2.24) is 19.9 Å². The maximum Gasteiger partial charge on any atom is 0.275 e. The molecular formula is C18H24N4O4. The van der Waals surface area contributed by atoms with E-state index in [0.717, 1.165) is 31.4 Å². The fourth-order valence-corrected chi connectivity index (χ4v) is 3.97. The van der Waals surface area contributed by atoms with Crippen LogP contribution >= 0.6 is 0 Å². The zero-order valence-corrected chi connectivity index (χ0v) is 14.7. The van der Waals surface area contributed by atoms with Gasteiger partial charge in [-0.1, -0.05) is 0 Å². The Kier molecular flexibility index (Phi) is 5.12. The van der Waals surface area contributed by atoms with Crippen LogP contribution in [-0.4, -0.2) is 70.2 Å². The molecule has 140 valence electrons. The monoisotopic (exact) mass is 360 g/mol. The van der Waals surface area contributed by atoms with Crippen LogP contribution in [0.25, 0.3) is 0 Å². The van der Waals surface area contributed by atoms with E-state index in [1.54, 1.807) is 12.4 Å². The lowest BCUT2D eigenvalue weighted by Crippen LogP contribution is -2.45. The van der Waals surface area contributed by atoms with Crippen LogP contribution in [0.2, 0.25) is 0 Å². The second-order valence-electron chi connectivity index (χ2n) is 7.16. The van der Waals surface area contributed by atoms with E-state index >= 15 is 0 Å². The topological polar surface area (TPSA) is 84.9 Å². The van der Waals surface area contributed by atoms with E-state index in [-0.39, 0.29) is 17.9 Å². The van der Waals surface area contributed by atoms with Crippen LogP contribution in [0.5, 0.6) is 0 Å². The van der Waals surface area contributed by atoms with Gasteiger partial charge in [0.25, 0.3) is 5.91 Å². The van der Waals surface area contributed by atoms with Crippen molar-refractivity contribution in [3.05, 3.63) is 24.3 Å². The minimum atomic E-state index is -0.431. The van der Waals surface area contributed by atoms with E-state index in [2.05, 4.69) is 9.97 Å². The number of ether oxygens (including phenoxy) is 1. The first kappa shape index (κ1) is 17.4. The molecule has 0 N–H and O–H groups in total. The van der Waals surface area contributed by atoms with Gasteiger partial charge in [0, 0.05) is 31.9 Å². The molecule has 3 atom stereocenters. The quantitative estimate of drug-likeness (QED) is 0.781. The standard InChI is InChI=1S/C18H24N4O4/c23-17(3-2-13-9-19-12-20-10-13)21-6-4-14-8-15(26-16(14)11-21)18(24)22-5-1-7-25-22/h9-10,12,14-16H,1-8,11H2/t14-,15+,16+/m0/s1. The first-order valence-corrected chi connectivity index (χ1v) is 9.32. The number of amides is 2. The van der Waals surface area contributed by atoms with Gasteiger partial charge in [-0.05, 0) is 37.2 Å². The minimum Gasteiger partial charge on any atom is -0.363 e. The number of nitrogens with zero attached hydrogens (tertiary/aromatic N) is 4. The smallest absolute Gasteiger partial charge is 0.275 e. The summed E-state index contributed by atoms with van der Waals surface area (Å²) in [5, 5.41) is 1.44.